The molecular weight excluding hydrogens is 205 g/mol. The largest absolute Gasteiger partial charge is 0.471 e. The quantitative estimate of drug-likeness (QED) is 0.534. The lowest BCUT2D eigenvalue weighted by atomic mass is 10.4. The predicted octanol–water partition coefficient (Wildman–Crippen LogP) is 1.78. The van der Waals surface area contributed by atoms with E-state index in [9.17, 15) is 4.57 Å². The maximum atomic E-state index is 10.1. The van der Waals surface area contributed by atoms with Gasteiger partial charge in [0.05, 0.1) is 0 Å². The standard InChI is InChI=1S/C6H15N.C2H7O4P/c1-3-5-7-6-4-2;1-5-7(3,4)6-2/h7H,3-6H2,1-2H3;1-2H3,(H,3,4). The van der Waals surface area contributed by atoms with Crippen molar-refractivity contribution < 1.29 is 18.5 Å². The molecule has 0 aliphatic carbocycles. The second-order valence-electron chi connectivity index (χ2n) is 2.58. The van der Waals surface area contributed by atoms with Crippen LogP contribution in [0.25, 0.3) is 0 Å². The molecule has 0 atom stereocenters. The topological polar surface area (TPSA) is 67.8 Å². The highest BCUT2D eigenvalue weighted by atomic mass is 31.2. The zero-order valence-corrected chi connectivity index (χ0v) is 10.3. The van der Waals surface area contributed by atoms with E-state index in [0.717, 1.165) is 14.2 Å². The lowest BCUT2D eigenvalue weighted by Gasteiger charge is -2.01. The normalized spacial score (nSPS) is 10.6. The summed E-state index contributed by atoms with van der Waals surface area (Å²) in [6.45, 7) is 6.72. The van der Waals surface area contributed by atoms with Crippen molar-refractivity contribution in [1.82, 2.24) is 5.32 Å². The van der Waals surface area contributed by atoms with Crippen molar-refractivity contribution in [2.24, 2.45) is 0 Å². The maximum absolute atomic E-state index is 10.1. The van der Waals surface area contributed by atoms with Crippen molar-refractivity contribution in [1.29, 1.82) is 0 Å². The van der Waals surface area contributed by atoms with Crippen LogP contribution in [0.3, 0.4) is 0 Å². The van der Waals surface area contributed by atoms with E-state index in [0.29, 0.717) is 0 Å². The molecule has 6 heteroatoms. The van der Waals surface area contributed by atoms with E-state index < -0.39 is 7.82 Å². The molecule has 0 bridgehead atoms. The smallest absolute Gasteiger partial charge is 0.317 e. The van der Waals surface area contributed by atoms with Crippen molar-refractivity contribution in [3.05, 3.63) is 0 Å². The average molecular weight is 227 g/mol. The fourth-order valence-corrected chi connectivity index (χ4v) is 0.702. The number of hydrogen-bond donors (Lipinski definition) is 2. The molecule has 2 N–H and O–H groups in total. The Balaban J connectivity index is 0. The summed E-state index contributed by atoms with van der Waals surface area (Å²) in [5, 5.41) is 3.28. The van der Waals surface area contributed by atoms with Gasteiger partial charge in [0.15, 0.2) is 0 Å². The monoisotopic (exact) mass is 227 g/mol. The molecule has 0 aromatic heterocycles. The van der Waals surface area contributed by atoms with Gasteiger partial charge in [-0.15, -0.1) is 0 Å². The van der Waals surface area contributed by atoms with Crippen LogP contribution in [-0.4, -0.2) is 32.2 Å². The highest BCUT2D eigenvalue weighted by molar-refractivity contribution is 7.47. The van der Waals surface area contributed by atoms with E-state index in [4.69, 9.17) is 4.89 Å². The molecule has 0 unspecified atom stereocenters. The van der Waals surface area contributed by atoms with Crippen LogP contribution in [0.5, 0.6) is 0 Å². The van der Waals surface area contributed by atoms with Crippen molar-refractivity contribution in [2.45, 2.75) is 26.7 Å². The van der Waals surface area contributed by atoms with Crippen molar-refractivity contribution in [3.63, 3.8) is 0 Å². The van der Waals surface area contributed by atoms with Crippen LogP contribution in [0.4, 0.5) is 0 Å². The van der Waals surface area contributed by atoms with Gasteiger partial charge < -0.3 is 10.2 Å². The molecule has 0 amide bonds. The highest BCUT2D eigenvalue weighted by Crippen LogP contribution is 2.40. The predicted molar refractivity (Wildman–Crippen MR) is 57.3 cm³/mol. The maximum Gasteiger partial charge on any atom is 0.471 e. The van der Waals surface area contributed by atoms with E-state index in [2.05, 4.69) is 28.2 Å². The number of nitrogens with one attached hydrogen (secondary N) is 1. The van der Waals surface area contributed by atoms with Gasteiger partial charge in [0, 0.05) is 14.2 Å². The van der Waals surface area contributed by atoms with Crippen LogP contribution in [0.15, 0.2) is 0 Å². The first-order valence-corrected chi connectivity index (χ1v) is 6.18. The van der Waals surface area contributed by atoms with E-state index in [1.54, 1.807) is 0 Å². The average Bonchev–Trinajstić information content (AvgIpc) is 2.20. The van der Waals surface area contributed by atoms with Gasteiger partial charge in [-0.2, -0.15) is 0 Å². The Kier molecular flexibility index (Phi) is 13.1. The summed E-state index contributed by atoms with van der Waals surface area (Å²) in [5.74, 6) is 0. The second kappa shape index (κ2) is 11.1. The SMILES string of the molecule is CCCNCCC.COP(=O)(O)OC. The molecule has 0 fully saturated rings. The van der Waals surface area contributed by atoms with Crippen LogP contribution in [0, 0.1) is 0 Å². The fraction of sp³-hybridized carbons (Fsp3) is 1.00. The molecule has 0 spiro atoms. The molecule has 0 aromatic carbocycles. The number of hydrogen-bond acceptors (Lipinski definition) is 4. The Morgan fingerprint density at radius 2 is 1.50 bits per heavy atom. The van der Waals surface area contributed by atoms with Crippen LogP contribution >= 0.6 is 7.82 Å². The van der Waals surface area contributed by atoms with Crippen LogP contribution in [0.2, 0.25) is 0 Å². The van der Waals surface area contributed by atoms with Gasteiger partial charge in [0.25, 0.3) is 0 Å². The Hall–Kier alpha value is 0.0700. The van der Waals surface area contributed by atoms with Crippen molar-refractivity contribution in [3.8, 4) is 0 Å². The molecule has 0 radical (unpaired) electrons. The molecule has 0 aromatic rings. The molecule has 0 aliphatic rings. The summed E-state index contributed by atoms with van der Waals surface area (Å²) < 4.78 is 18.0. The van der Waals surface area contributed by atoms with Gasteiger partial charge in [-0.05, 0) is 25.9 Å². The van der Waals surface area contributed by atoms with Gasteiger partial charge in [-0.3, -0.25) is 9.05 Å². The third kappa shape index (κ3) is 14.6. The van der Waals surface area contributed by atoms with Crippen molar-refractivity contribution >= 4 is 7.82 Å². The summed E-state index contributed by atoms with van der Waals surface area (Å²) in [6, 6.07) is 0. The molecule has 88 valence electrons. The summed E-state index contributed by atoms with van der Waals surface area (Å²) in [6.07, 6.45) is 2.50. The fourth-order valence-electron chi connectivity index (χ4n) is 0.553. The minimum Gasteiger partial charge on any atom is -0.317 e. The molecular formula is C8H22NO4P. The first-order valence-electron chi connectivity index (χ1n) is 4.69. The molecule has 0 rings (SSSR count). The summed E-state index contributed by atoms with van der Waals surface area (Å²) >= 11 is 0. The molecule has 0 saturated carbocycles. The highest BCUT2D eigenvalue weighted by Gasteiger charge is 2.13. The number of phosphoric ester groups is 1. The Morgan fingerprint density at radius 3 is 1.64 bits per heavy atom. The number of phosphoric acid groups is 1. The minimum absolute atomic E-state index is 1.10. The first-order chi connectivity index (χ1) is 6.54. The van der Waals surface area contributed by atoms with E-state index in [-0.39, 0.29) is 0 Å². The lowest BCUT2D eigenvalue weighted by molar-refractivity contribution is 0.204. The summed E-state index contributed by atoms with van der Waals surface area (Å²) in [7, 11) is -1.45. The van der Waals surface area contributed by atoms with Gasteiger partial charge in [-0.1, -0.05) is 13.8 Å². The molecule has 0 aliphatic heterocycles. The van der Waals surface area contributed by atoms with E-state index in [1.807, 2.05) is 0 Å². The van der Waals surface area contributed by atoms with E-state index >= 15 is 0 Å². The summed E-state index contributed by atoms with van der Waals surface area (Å²) in [5.41, 5.74) is 0. The molecule has 14 heavy (non-hydrogen) atoms. The molecule has 5 nitrogen and oxygen atoms in total. The zero-order chi connectivity index (χ0) is 11.4. The zero-order valence-electron chi connectivity index (χ0n) is 9.45. The van der Waals surface area contributed by atoms with Gasteiger partial charge in [0.1, 0.15) is 0 Å². The van der Waals surface area contributed by atoms with Crippen LogP contribution < -0.4 is 5.32 Å². The lowest BCUT2D eigenvalue weighted by Crippen LogP contribution is -2.14. The van der Waals surface area contributed by atoms with Gasteiger partial charge in [0.2, 0.25) is 0 Å². The third-order valence-corrected chi connectivity index (χ3v) is 2.24. The van der Waals surface area contributed by atoms with Gasteiger partial charge in [-0.25, -0.2) is 4.57 Å². The van der Waals surface area contributed by atoms with Crippen molar-refractivity contribution in [2.75, 3.05) is 27.3 Å². The second-order valence-corrected chi connectivity index (χ2v) is 4.25. The molecule has 0 heterocycles. The van der Waals surface area contributed by atoms with Crippen LogP contribution in [-0.2, 0) is 13.6 Å². The van der Waals surface area contributed by atoms with Gasteiger partial charge >= 0.3 is 7.82 Å². The first kappa shape index (κ1) is 16.5. The van der Waals surface area contributed by atoms with Crippen LogP contribution in [0.1, 0.15) is 26.7 Å². The Bertz CT molecular complexity index is 142. The van der Waals surface area contributed by atoms with E-state index in [1.165, 1.54) is 25.9 Å². The number of rotatable bonds is 6. The Morgan fingerprint density at radius 1 is 1.14 bits per heavy atom. The minimum atomic E-state index is -3.65. The Labute approximate surface area is 86.4 Å². The third-order valence-electron chi connectivity index (χ3n) is 1.31. The molecule has 0 saturated heterocycles. The summed E-state index contributed by atoms with van der Waals surface area (Å²) in [4.78, 5) is 8.24.